The van der Waals surface area contributed by atoms with Crippen molar-refractivity contribution in [2.24, 2.45) is 0 Å². The molecule has 0 aromatic heterocycles. The van der Waals surface area contributed by atoms with Crippen molar-refractivity contribution < 1.29 is 14.2 Å². The molecule has 0 spiro atoms. The molecule has 1 aliphatic rings. The molecule has 0 aliphatic carbocycles. The van der Waals surface area contributed by atoms with E-state index >= 15 is 0 Å². The van der Waals surface area contributed by atoms with Crippen molar-refractivity contribution in [3.8, 4) is 11.5 Å². The monoisotopic (exact) mass is 327 g/mol. The number of morpholine rings is 1. The highest BCUT2D eigenvalue weighted by Gasteiger charge is 2.21. The molecule has 1 heterocycles. The fourth-order valence-electron chi connectivity index (χ4n) is 3.15. The highest BCUT2D eigenvalue weighted by molar-refractivity contribution is 5.40. The van der Waals surface area contributed by atoms with Gasteiger partial charge in [-0.2, -0.15) is 0 Å². The van der Waals surface area contributed by atoms with Crippen LogP contribution >= 0.6 is 0 Å². The number of hydrogen-bond acceptors (Lipinski definition) is 4. The molecule has 0 unspecified atom stereocenters. The molecule has 128 valence electrons. The second-order valence-electron chi connectivity index (χ2n) is 6.10. The van der Waals surface area contributed by atoms with Crippen LogP contribution in [-0.2, 0) is 17.7 Å². The second kappa shape index (κ2) is 8.18. The molecule has 0 amide bonds. The Morgan fingerprint density at radius 3 is 2.67 bits per heavy atom. The molecule has 4 heteroatoms. The summed E-state index contributed by atoms with van der Waals surface area (Å²) in [5.74, 6) is 1.69. The molecular formula is C20H25NO3. The van der Waals surface area contributed by atoms with E-state index < -0.39 is 0 Å². The van der Waals surface area contributed by atoms with E-state index in [0.717, 1.165) is 44.2 Å². The van der Waals surface area contributed by atoms with Crippen LogP contribution in [0.3, 0.4) is 0 Å². The lowest BCUT2D eigenvalue weighted by Crippen LogP contribution is -2.42. The summed E-state index contributed by atoms with van der Waals surface area (Å²) in [6, 6.07) is 16.5. The van der Waals surface area contributed by atoms with Crippen LogP contribution < -0.4 is 9.47 Å². The second-order valence-corrected chi connectivity index (χ2v) is 6.10. The number of benzene rings is 2. The van der Waals surface area contributed by atoms with Gasteiger partial charge >= 0.3 is 0 Å². The van der Waals surface area contributed by atoms with Crippen molar-refractivity contribution in [2.45, 2.75) is 19.1 Å². The van der Waals surface area contributed by atoms with E-state index in [1.807, 2.05) is 18.2 Å². The summed E-state index contributed by atoms with van der Waals surface area (Å²) in [5, 5.41) is 0. The third kappa shape index (κ3) is 4.28. The van der Waals surface area contributed by atoms with E-state index in [-0.39, 0.29) is 6.10 Å². The first-order valence-corrected chi connectivity index (χ1v) is 8.37. The van der Waals surface area contributed by atoms with Gasteiger partial charge in [0, 0.05) is 31.3 Å². The molecule has 0 N–H and O–H groups in total. The minimum absolute atomic E-state index is 0.241. The van der Waals surface area contributed by atoms with Gasteiger partial charge in [0.15, 0.2) is 0 Å². The first kappa shape index (κ1) is 16.8. The molecular weight excluding hydrogens is 302 g/mol. The quantitative estimate of drug-likeness (QED) is 0.815. The SMILES string of the molecule is COc1ccc(CN2CCO[C@H](Cc3ccccc3)C2)c(OC)c1. The van der Waals surface area contributed by atoms with Crippen molar-refractivity contribution in [3.05, 3.63) is 59.7 Å². The third-order valence-electron chi connectivity index (χ3n) is 4.42. The van der Waals surface area contributed by atoms with Gasteiger partial charge in [-0.05, 0) is 18.1 Å². The first-order chi connectivity index (χ1) is 11.8. The predicted octanol–water partition coefficient (Wildman–Crippen LogP) is 3.15. The van der Waals surface area contributed by atoms with Gasteiger partial charge in [-0.15, -0.1) is 0 Å². The van der Waals surface area contributed by atoms with Crippen LogP contribution in [0.5, 0.6) is 11.5 Å². The fraction of sp³-hybridized carbons (Fsp3) is 0.400. The van der Waals surface area contributed by atoms with Gasteiger partial charge in [0.1, 0.15) is 11.5 Å². The average molecular weight is 327 g/mol. The van der Waals surface area contributed by atoms with Gasteiger partial charge in [-0.3, -0.25) is 4.90 Å². The number of ether oxygens (including phenoxy) is 3. The Bertz CT molecular complexity index is 645. The highest BCUT2D eigenvalue weighted by Crippen LogP contribution is 2.26. The smallest absolute Gasteiger partial charge is 0.127 e. The summed E-state index contributed by atoms with van der Waals surface area (Å²) in [7, 11) is 3.38. The van der Waals surface area contributed by atoms with Gasteiger partial charge in [0.05, 0.1) is 26.9 Å². The maximum absolute atomic E-state index is 5.95. The maximum Gasteiger partial charge on any atom is 0.127 e. The first-order valence-electron chi connectivity index (χ1n) is 8.37. The molecule has 1 aliphatic heterocycles. The van der Waals surface area contributed by atoms with Crippen molar-refractivity contribution in [1.29, 1.82) is 0 Å². The molecule has 0 bridgehead atoms. The Morgan fingerprint density at radius 1 is 1.08 bits per heavy atom. The van der Waals surface area contributed by atoms with Gasteiger partial charge in [0.2, 0.25) is 0 Å². The summed E-state index contributed by atoms with van der Waals surface area (Å²) in [6.07, 6.45) is 1.20. The van der Waals surface area contributed by atoms with Crippen LogP contribution in [0.2, 0.25) is 0 Å². The Labute approximate surface area is 144 Å². The van der Waals surface area contributed by atoms with Crippen LogP contribution in [0.4, 0.5) is 0 Å². The lowest BCUT2D eigenvalue weighted by molar-refractivity contribution is -0.0306. The maximum atomic E-state index is 5.95. The Hall–Kier alpha value is -2.04. The van der Waals surface area contributed by atoms with Crippen LogP contribution in [0, 0.1) is 0 Å². The van der Waals surface area contributed by atoms with E-state index in [1.54, 1.807) is 14.2 Å². The standard InChI is InChI=1S/C20H25NO3/c1-22-18-9-8-17(20(13-18)23-2)14-21-10-11-24-19(15-21)12-16-6-4-3-5-7-16/h3-9,13,19H,10-12,14-15H2,1-2H3/t19-/m1/s1. The molecule has 1 atom stereocenters. The summed E-state index contributed by atoms with van der Waals surface area (Å²) >= 11 is 0. The molecule has 2 aromatic rings. The van der Waals surface area contributed by atoms with E-state index in [2.05, 4.69) is 35.2 Å². The lowest BCUT2D eigenvalue weighted by atomic mass is 10.1. The Balaban J connectivity index is 1.63. The normalized spacial score (nSPS) is 18.3. The van der Waals surface area contributed by atoms with Crippen molar-refractivity contribution in [1.82, 2.24) is 4.90 Å². The van der Waals surface area contributed by atoms with Crippen molar-refractivity contribution in [2.75, 3.05) is 33.9 Å². The van der Waals surface area contributed by atoms with E-state index in [9.17, 15) is 0 Å². The molecule has 24 heavy (non-hydrogen) atoms. The molecule has 1 saturated heterocycles. The number of nitrogens with zero attached hydrogens (tertiary/aromatic N) is 1. The van der Waals surface area contributed by atoms with E-state index in [4.69, 9.17) is 14.2 Å². The summed E-state index contributed by atoms with van der Waals surface area (Å²) in [4.78, 5) is 2.43. The zero-order valence-electron chi connectivity index (χ0n) is 14.4. The van der Waals surface area contributed by atoms with E-state index in [0.29, 0.717) is 0 Å². The van der Waals surface area contributed by atoms with E-state index in [1.165, 1.54) is 11.1 Å². The highest BCUT2D eigenvalue weighted by atomic mass is 16.5. The molecule has 4 nitrogen and oxygen atoms in total. The zero-order chi connectivity index (χ0) is 16.8. The minimum Gasteiger partial charge on any atom is -0.497 e. The molecule has 0 saturated carbocycles. The lowest BCUT2D eigenvalue weighted by Gasteiger charge is -2.33. The molecule has 0 radical (unpaired) electrons. The average Bonchev–Trinajstić information content (AvgIpc) is 2.63. The third-order valence-corrected chi connectivity index (χ3v) is 4.42. The Kier molecular flexibility index (Phi) is 5.72. The van der Waals surface area contributed by atoms with Crippen LogP contribution in [0.25, 0.3) is 0 Å². The molecule has 1 fully saturated rings. The fourth-order valence-corrected chi connectivity index (χ4v) is 3.15. The largest absolute Gasteiger partial charge is 0.497 e. The molecule has 2 aromatic carbocycles. The predicted molar refractivity (Wildman–Crippen MR) is 94.7 cm³/mol. The number of hydrogen-bond donors (Lipinski definition) is 0. The summed E-state index contributed by atoms with van der Waals surface area (Å²) < 4.78 is 16.7. The minimum atomic E-state index is 0.241. The van der Waals surface area contributed by atoms with Gasteiger partial charge in [0.25, 0.3) is 0 Å². The number of methoxy groups -OCH3 is 2. The summed E-state index contributed by atoms with van der Waals surface area (Å²) in [5.41, 5.74) is 2.50. The van der Waals surface area contributed by atoms with Gasteiger partial charge in [-0.25, -0.2) is 0 Å². The summed E-state index contributed by atoms with van der Waals surface area (Å²) in [6.45, 7) is 3.52. The van der Waals surface area contributed by atoms with Crippen LogP contribution in [0.1, 0.15) is 11.1 Å². The van der Waals surface area contributed by atoms with Crippen molar-refractivity contribution in [3.63, 3.8) is 0 Å². The number of rotatable bonds is 6. The Morgan fingerprint density at radius 2 is 1.92 bits per heavy atom. The van der Waals surface area contributed by atoms with Crippen LogP contribution in [-0.4, -0.2) is 44.9 Å². The van der Waals surface area contributed by atoms with Crippen molar-refractivity contribution >= 4 is 0 Å². The van der Waals surface area contributed by atoms with Gasteiger partial charge in [-0.1, -0.05) is 36.4 Å². The zero-order valence-corrected chi connectivity index (χ0v) is 14.4. The topological polar surface area (TPSA) is 30.9 Å². The van der Waals surface area contributed by atoms with Crippen LogP contribution in [0.15, 0.2) is 48.5 Å². The molecule has 3 rings (SSSR count). The van der Waals surface area contributed by atoms with Gasteiger partial charge < -0.3 is 14.2 Å².